The van der Waals surface area contributed by atoms with Gasteiger partial charge < -0.3 is 10.2 Å². The van der Waals surface area contributed by atoms with E-state index in [4.69, 9.17) is 0 Å². The summed E-state index contributed by atoms with van der Waals surface area (Å²) in [7, 11) is -1.83. The number of hydrogen-bond donors (Lipinski definition) is 2. The molecule has 7 heteroatoms. The van der Waals surface area contributed by atoms with Crippen molar-refractivity contribution in [1.29, 1.82) is 0 Å². The maximum atomic E-state index is 12.2. The largest absolute Gasteiger partial charge is 0.387 e. The zero-order chi connectivity index (χ0) is 14.3. The van der Waals surface area contributed by atoms with E-state index >= 15 is 0 Å². The van der Waals surface area contributed by atoms with Gasteiger partial charge in [-0.15, -0.1) is 0 Å². The number of hydrogen-bond acceptors (Lipinski definition) is 5. The number of nitrogens with zero attached hydrogens (tertiary/aromatic N) is 2. The van der Waals surface area contributed by atoms with Crippen LogP contribution in [0.25, 0.3) is 0 Å². The number of anilines is 1. The van der Waals surface area contributed by atoms with Crippen LogP contribution < -0.4 is 10.0 Å². The topological polar surface area (TPSA) is 74.3 Å². The fourth-order valence-electron chi connectivity index (χ4n) is 1.76. The second-order valence-corrected chi connectivity index (χ2v) is 5.78. The molecule has 0 aliphatic carbocycles. The van der Waals surface area contributed by atoms with E-state index in [0.29, 0.717) is 18.8 Å². The molecular formula is C12H22N4O2S. The fraction of sp³-hybridized carbons (Fsp3) is 0.583. The molecule has 1 aromatic rings. The minimum atomic E-state index is -3.52. The lowest BCUT2D eigenvalue weighted by molar-refractivity contribution is 0.309. The standard InChI is InChI=1S/C12H22N4O2S/c1-4-16(5-2)9-8-15-19(17,18)12-10-14-7-6-11(12)13-3/h6-7,10,15H,4-5,8-9H2,1-3H3,(H,13,14). The highest BCUT2D eigenvalue weighted by Gasteiger charge is 2.17. The minimum absolute atomic E-state index is 0.178. The van der Waals surface area contributed by atoms with E-state index in [0.717, 1.165) is 13.1 Å². The Balaban J connectivity index is 2.71. The van der Waals surface area contributed by atoms with Crippen LogP contribution in [0.4, 0.5) is 5.69 Å². The van der Waals surface area contributed by atoms with Gasteiger partial charge in [-0.2, -0.15) is 0 Å². The molecule has 2 N–H and O–H groups in total. The molecule has 1 heterocycles. The summed E-state index contributed by atoms with van der Waals surface area (Å²) >= 11 is 0. The van der Waals surface area contributed by atoms with Crippen molar-refractivity contribution in [3.05, 3.63) is 18.5 Å². The molecule has 0 aromatic carbocycles. The Bertz CT molecular complexity index is 486. The van der Waals surface area contributed by atoms with Crippen molar-refractivity contribution in [2.45, 2.75) is 18.7 Å². The van der Waals surface area contributed by atoms with Crippen LogP contribution in [0, 0.1) is 0 Å². The Labute approximate surface area is 115 Å². The van der Waals surface area contributed by atoms with Gasteiger partial charge in [-0.3, -0.25) is 4.98 Å². The Hall–Kier alpha value is -1.18. The van der Waals surface area contributed by atoms with Crippen molar-refractivity contribution >= 4 is 15.7 Å². The first-order chi connectivity index (χ1) is 9.05. The average molecular weight is 286 g/mol. The van der Waals surface area contributed by atoms with Crippen molar-refractivity contribution in [3.8, 4) is 0 Å². The molecule has 0 amide bonds. The first kappa shape index (κ1) is 15.9. The predicted octanol–water partition coefficient (Wildman–Crippen LogP) is 0.743. The minimum Gasteiger partial charge on any atom is -0.387 e. The lowest BCUT2D eigenvalue weighted by atomic mass is 10.4. The molecule has 0 saturated heterocycles. The number of likely N-dealkylation sites (N-methyl/N-ethyl adjacent to an activating group) is 1. The number of sulfonamides is 1. The molecule has 1 rings (SSSR count). The maximum Gasteiger partial charge on any atom is 0.244 e. The number of nitrogens with one attached hydrogen (secondary N) is 2. The van der Waals surface area contributed by atoms with Gasteiger partial charge in [0.15, 0.2) is 0 Å². The van der Waals surface area contributed by atoms with E-state index < -0.39 is 10.0 Å². The number of aromatic nitrogens is 1. The monoisotopic (exact) mass is 286 g/mol. The second kappa shape index (κ2) is 7.42. The first-order valence-corrected chi connectivity index (χ1v) is 7.87. The molecule has 0 saturated carbocycles. The smallest absolute Gasteiger partial charge is 0.244 e. The molecule has 0 aliphatic heterocycles. The quantitative estimate of drug-likeness (QED) is 0.737. The Morgan fingerprint density at radius 1 is 1.32 bits per heavy atom. The summed E-state index contributed by atoms with van der Waals surface area (Å²) in [5.41, 5.74) is 0.547. The number of rotatable bonds is 8. The summed E-state index contributed by atoms with van der Waals surface area (Å²) in [4.78, 5) is 6.20. The summed E-state index contributed by atoms with van der Waals surface area (Å²) in [6.07, 6.45) is 2.91. The summed E-state index contributed by atoms with van der Waals surface area (Å²) in [5, 5.41) is 2.85. The molecule has 0 fully saturated rings. The SMILES string of the molecule is CCN(CC)CCNS(=O)(=O)c1cnccc1NC. The Kier molecular flexibility index (Phi) is 6.20. The van der Waals surface area contributed by atoms with Crippen LogP contribution in [0.3, 0.4) is 0 Å². The van der Waals surface area contributed by atoms with Gasteiger partial charge in [-0.1, -0.05) is 13.8 Å². The van der Waals surface area contributed by atoms with E-state index in [1.165, 1.54) is 6.20 Å². The zero-order valence-corrected chi connectivity index (χ0v) is 12.5. The molecular weight excluding hydrogens is 264 g/mol. The third-order valence-electron chi connectivity index (χ3n) is 2.96. The molecule has 1 aromatic heterocycles. The molecule has 0 spiro atoms. The van der Waals surface area contributed by atoms with Gasteiger partial charge in [0.1, 0.15) is 4.90 Å². The van der Waals surface area contributed by atoms with Crippen molar-refractivity contribution < 1.29 is 8.42 Å². The molecule has 0 atom stereocenters. The summed E-state index contributed by atoms with van der Waals surface area (Å²) in [6.45, 7) is 7.01. The lowest BCUT2D eigenvalue weighted by Gasteiger charge is -2.18. The van der Waals surface area contributed by atoms with Crippen LogP contribution in [-0.2, 0) is 10.0 Å². The number of pyridine rings is 1. The third-order valence-corrected chi connectivity index (χ3v) is 4.45. The predicted molar refractivity (Wildman–Crippen MR) is 76.8 cm³/mol. The van der Waals surface area contributed by atoms with Crippen molar-refractivity contribution in [2.24, 2.45) is 0 Å². The average Bonchev–Trinajstić information content (AvgIpc) is 2.43. The molecule has 0 aliphatic rings. The van der Waals surface area contributed by atoms with Gasteiger partial charge in [0.05, 0.1) is 5.69 Å². The van der Waals surface area contributed by atoms with E-state index in [9.17, 15) is 8.42 Å². The van der Waals surface area contributed by atoms with Gasteiger partial charge in [0.2, 0.25) is 10.0 Å². The van der Waals surface area contributed by atoms with Gasteiger partial charge in [0, 0.05) is 32.5 Å². The molecule has 0 unspecified atom stereocenters. The van der Waals surface area contributed by atoms with Gasteiger partial charge >= 0.3 is 0 Å². The highest BCUT2D eigenvalue weighted by atomic mass is 32.2. The van der Waals surface area contributed by atoms with Gasteiger partial charge in [-0.25, -0.2) is 13.1 Å². The highest BCUT2D eigenvalue weighted by Crippen LogP contribution is 2.18. The van der Waals surface area contributed by atoms with Crippen molar-refractivity contribution in [1.82, 2.24) is 14.6 Å². The normalized spacial score (nSPS) is 11.8. The van der Waals surface area contributed by atoms with E-state index in [2.05, 4.69) is 33.8 Å². The van der Waals surface area contributed by atoms with Crippen LogP contribution in [0.15, 0.2) is 23.4 Å². The van der Waals surface area contributed by atoms with E-state index in [-0.39, 0.29) is 4.90 Å². The van der Waals surface area contributed by atoms with E-state index in [1.54, 1.807) is 19.3 Å². The molecule has 0 bridgehead atoms. The highest BCUT2D eigenvalue weighted by molar-refractivity contribution is 7.89. The Morgan fingerprint density at radius 2 is 2.00 bits per heavy atom. The van der Waals surface area contributed by atoms with Crippen LogP contribution in [0.1, 0.15) is 13.8 Å². The molecule has 6 nitrogen and oxygen atoms in total. The zero-order valence-electron chi connectivity index (χ0n) is 11.7. The fourth-order valence-corrected chi connectivity index (χ4v) is 2.93. The van der Waals surface area contributed by atoms with E-state index in [1.807, 2.05) is 0 Å². The lowest BCUT2D eigenvalue weighted by Crippen LogP contribution is -2.35. The van der Waals surface area contributed by atoms with Gasteiger partial charge in [0.25, 0.3) is 0 Å². The first-order valence-electron chi connectivity index (χ1n) is 6.39. The molecule has 0 radical (unpaired) electrons. The van der Waals surface area contributed by atoms with Crippen LogP contribution >= 0.6 is 0 Å². The molecule has 19 heavy (non-hydrogen) atoms. The van der Waals surface area contributed by atoms with Gasteiger partial charge in [-0.05, 0) is 19.2 Å². The van der Waals surface area contributed by atoms with Crippen molar-refractivity contribution in [3.63, 3.8) is 0 Å². The third kappa shape index (κ3) is 4.45. The second-order valence-electron chi connectivity index (χ2n) is 4.05. The summed E-state index contributed by atoms with van der Waals surface area (Å²) < 4.78 is 26.9. The van der Waals surface area contributed by atoms with Crippen LogP contribution in [0.5, 0.6) is 0 Å². The Morgan fingerprint density at radius 3 is 2.58 bits per heavy atom. The summed E-state index contributed by atoms with van der Waals surface area (Å²) in [5.74, 6) is 0. The molecule has 108 valence electrons. The summed E-state index contributed by atoms with van der Waals surface area (Å²) in [6, 6.07) is 1.64. The van der Waals surface area contributed by atoms with Crippen LogP contribution in [-0.4, -0.2) is 51.5 Å². The van der Waals surface area contributed by atoms with Crippen LogP contribution in [0.2, 0.25) is 0 Å². The maximum absolute atomic E-state index is 12.2. The van der Waals surface area contributed by atoms with Crippen molar-refractivity contribution in [2.75, 3.05) is 38.5 Å².